The Labute approximate surface area is 317 Å². The average Bonchev–Trinajstić information content (AvgIpc) is 3.81. The van der Waals surface area contributed by atoms with Crippen LogP contribution in [0.1, 0.15) is 50.5 Å². The third-order valence-corrected chi connectivity index (χ3v) is 10.3. The van der Waals surface area contributed by atoms with Gasteiger partial charge in [0.05, 0.1) is 36.7 Å². The SMILES string of the molecule is CC(C)(CCNC(=O)CCOCCN1C(=O)CC(S)C1=O)C(c1nc(-c2cc(F)ccc2F)cn1Cc1ccccc1)N(CC1CNCC1F)C(=O)CO. The first kappa shape index (κ1) is 40.9. The number of ether oxygens (including phenoxy) is 1. The molecule has 0 saturated carbocycles. The summed E-state index contributed by atoms with van der Waals surface area (Å²) in [6, 6.07) is 11.5. The topological polar surface area (TPSA) is 146 Å². The number of aromatic nitrogens is 2. The summed E-state index contributed by atoms with van der Waals surface area (Å²) < 4.78 is 51.9. The fraction of sp³-hybridized carbons (Fsp3) is 0.500. The van der Waals surface area contributed by atoms with Gasteiger partial charge in [-0.1, -0.05) is 44.2 Å². The van der Waals surface area contributed by atoms with Gasteiger partial charge >= 0.3 is 0 Å². The van der Waals surface area contributed by atoms with Gasteiger partial charge in [0, 0.05) is 63.2 Å². The number of imide groups is 1. The van der Waals surface area contributed by atoms with Gasteiger partial charge < -0.3 is 29.9 Å². The molecule has 0 radical (unpaired) electrons. The smallest absolute Gasteiger partial charge is 0.248 e. The lowest BCUT2D eigenvalue weighted by molar-refractivity contribution is -0.141. The molecule has 4 unspecified atom stereocenters. The number of hydrogen-bond acceptors (Lipinski definition) is 9. The highest BCUT2D eigenvalue weighted by Crippen LogP contribution is 2.42. The minimum absolute atomic E-state index is 0.00662. The highest BCUT2D eigenvalue weighted by Gasteiger charge is 2.43. The summed E-state index contributed by atoms with van der Waals surface area (Å²) in [7, 11) is 0. The van der Waals surface area contributed by atoms with Crippen LogP contribution in [0.2, 0.25) is 0 Å². The van der Waals surface area contributed by atoms with Gasteiger partial charge in [0.1, 0.15) is 30.2 Å². The van der Waals surface area contributed by atoms with E-state index in [2.05, 4.69) is 23.3 Å². The Kier molecular flexibility index (Phi) is 13.9. The summed E-state index contributed by atoms with van der Waals surface area (Å²) in [6.07, 6.45) is 0.679. The van der Waals surface area contributed by atoms with Crippen LogP contribution in [-0.2, 0) is 30.5 Å². The Morgan fingerprint density at radius 1 is 1.15 bits per heavy atom. The zero-order chi connectivity index (χ0) is 39.0. The summed E-state index contributed by atoms with van der Waals surface area (Å²) in [5.41, 5.74) is 0.00598. The van der Waals surface area contributed by atoms with Crippen LogP contribution in [-0.4, -0.2) is 112 Å². The first-order chi connectivity index (χ1) is 25.8. The lowest BCUT2D eigenvalue weighted by atomic mass is 9.79. The molecule has 12 nitrogen and oxygen atoms in total. The molecular weight excluding hydrogens is 726 g/mol. The maximum atomic E-state index is 15.2. The lowest BCUT2D eigenvalue weighted by Gasteiger charge is -2.43. The van der Waals surface area contributed by atoms with E-state index >= 15 is 8.78 Å². The molecule has 5 rings (SSSR count). The van der Waals surface area contributed by atoms with Gasteiger partial charge in [-0.3, -0.25) is 24.1 Å². The molecule has 2 aliphatic rings. The monoisotopic (exact) mass is 772 g/mol. The van der Waals surface area contributed by atoms with E-state index < -0.39 is 52.9 Å². The second-order valence-electron chi connectivity index (χ2n) is 14.3. The van der Waals surface area contributed by atoms with E-state index in [0.29, 0.717) is 12.4 Å². The van der Waals surface area contributed by atoms with E-state index in [9.17, 15) is 28.7 Å². The van der Waals surface area contributed by atoms with Crippen molar-refractivity contribution >= 4 is 36.3 Å². The number of alkyl halides is 1. The molecule has 292 valence electrons. The van der Waals surface area contributed by atoms with Crippen molar-refractivity contribution in [1.82, 2.24) is 30.0 Å². The van der Waals surface area contributed by atoms with Crippen molar-refractivity contribution in [2.24, 2.45) is 11.3 Å². The van der Waals surface area contributed by atoms with Crippen molar-refractivity contribution in [3.63, 3.8) is 0 Å². The Hall–Kier alpha value is -4.25. The minimum atomic E-state index is -1.25. The number of carbonyl (C=O) groups excluding carboxylic acids is 4. The average molecular weight is 773 g/mol. The van der Waals surface area contributed by atoms with Gasteiger partial charge in [-0.2, -0.15) is 12.6 Å². The lowest BCUT2D eigenvalue weighted by Crippen LogP contribution is -2.48. The van der Waals surface area contributed by atoms with Crippen LogP contribution in [0.15, 0.2) is 54.7 Å². The molecule has 4 atom stereocenters. The number of nitrogens with zero attached hydrogens (tertiary/aromatic N) is 4. The highest BCUT2D eigenvalue weighted by atomic mass is 32.1. The second-order valence-corrected chi connectivity index (χ2v) is 14.9. The third kappa shape index (κ3) is 10.1. The molecule has 3 aromatic rings. The van der Waals surface area contributed by atoms with E-state index in [1.165, 1.54) is 4.90 Å². The molecule has 2 fully saturated rings. The molecule has 4 amide bonds. The largest absolute Gasteiger partial charge is 0.387 e. The number of amides is 4. The van der Waals surface area contributed by atoms with E-state index in [0.717, 1.165) is 28.7 Å². The molecule has 1 aromatic heterocycles. The summed E-state index contributed by atoms with van der Waals surface area (Å²) in [5, 5.41) is 15.4. The van der Waals surface area contributed by atoms with Crippen molar-refractivity contribution in [1.29, 1.82) is 0 Å². The molecule has 2 saturated heterocycles. The van der Waals surface area contributed by atoms with E-state index in [1.807, 2.05) is 44.2 Å². The fourth-order valence-corrected chi connectivity index (χ4v) is 7.23. The van der Waals surface area contributed by atoms with E-state index in [1.54, 1.807) is 10.8 Å². The molecule has 2 aliphatic heterocycles. The number of likely N-dealkylation sites (tertiary alicyclic amines) is 1. The van der Waals surface area contributed by atoms with Crippen LogP contribution in [0.25, 0.3) is 11.3 Å². The molecule has 0 bridgehead atoms. The molecule has 3 heterocycles. The zero-order valence-corrected chi connectivity index (χ0v) is 31.2. The number of aliphatic hydroxyl groups excluding tert-OH is 1. The molecule has 3 N–H and O–H groups in total. The number of nitrogens with one attached hydrogen (secondary N) is 2. The van der Waals surface area contributed by atoms with E-state index in [-0.39, 0.29) is 94.2 Å². The first-order valence-corrected chi connectivity index (χ1v) is 18.5. The summed E-state index contributed by atoms with van der Waals surface area (Å²) >= 11 is 4.10. The van der Waals surface area contributed by atoms with Crippen LogP contribution >= 0.6 is 12.6 Å². The Balaban J connectivity index is 1.38. The molecular formula is C38H47F3N6O6S. The number of aliphatic hydroxyl groups is 1. The Morgan fingerprint density at radius 2 is 1.91 bits per heavy atom. The van der Waals surface area contributed by atoms with Crippen LogP contribution in [0, 0.1) is 23.0 Å². The van der Waals surface area contributed by atoms with Crippen LogP contribution in [0.3, 0.4) is 0 Å². The summed E-state index contributed by atoms with van der Waals surface area (Å²) in [6.45, 7) is 3.83. The van der Waals surface area contributed by atoms with Crippen molar-refractivity contribution in [2.75, 3.05) is 52.5 Å². The predicted octanol–water partition coefficient (Wildman–Crippen LogP) is 3.29. The zero-order valence-electron chi connectivity index (χ0n) is 30.3. The van der Waals surface area contributed by atoms with Gasteiger partial charge in [0.25, 0.3) is 0 Å². The number of thiol groups is 1. The highest BCUT2D eigenvalue weighted by molar-refractivity contribution is 7.81. The maximum absolute atomic E-state index is 15.2. The van der Waals surface area contributed by atoms with Crippen molar-refractivity contribution in [3.8, 4) is 11.3 Å². The van der Waals surface area contributed by atoms with Gasteiger partial charge in [-0.05, 0) is 35.6 Å². The molecule has 54 heavy (non-hydrogen) atoms. The van der Waals surface area contributed by atoms with Crippen molar-refractivity contribution in [3.05, 3.63) is 77.8 Å². The second kappa shape index (κ2) is 18.4. The summed E-state index contributed by atoms with van der Waals surface area (Å²) in [4.78, 5) is 57.8. The Morgan fingerprint density at radius 3 is 2.57 bits per heavy atom. The summed E-state index contributed by atoms with van der Waals surface area (Å²) in [5.74, 6) is -3.29. The van der Waals surface area contributed by atoms with Crippen molar-refractivity contribution in [2.45, 2.75) is 57.1 Å². The predicted molar refractivity (Wildman–Crippen MR) is 197 cm³/mol. The number of halogens is 3. The van der Waals surface area contributed by atoms with Crippen molar-refractivity contribution < 1.29 is 42.2 Å². The molecule has 2 aromatic carbocycles. The minimum Gasteiger partial charge on any atom is -0.387 e. The quantitative estimate of drug-likeness (QED) is 0.0877. The van der Waals surface area contributed by atoms with Gasteiger partial charge in [-0.15, -0.1) is 0 Å². The third-order valence-electron chi connectivity index (χ3n) is 9.89. The van der Waals surface area contributed by atoms with Gasteiger partial charge in [-0.25, -0.2) is 18.2 Å². The number of imidazole rings is 1. The molecule has 16 heteroatoms. The number of benzene rings is 2. The normalized spacial score (nSPS) is 19.4. The molecule has 0 aliphatic carbocycles. The first-order valence-electron chi connectivity index (χ1n) is 18.0. The van der Waals surface area contributed by atoms with Crippen LogP contribution in [0.5, 0.6) is 0 Å². The standard InChI is InChI=1S/C38H47F3N6O6S/c1-38(2,11-12-43-32(49)10-14-53-15-13-46-33(50)17-31(54)37(46)52)35(47(34(51)23-48)21-25-18-42-19-29(25)41)36-44-30(27-16-26(39)8-9-28(27)40)22-45(36)20-24-6-4-3-5-7-24/h3-9,16,22,25,29,31,35,42,48,54H,10-15,17-21,23H2,1-2H3,(H,43,49). The number of carbonyl (C=O) groups is 4. The number of rotatable bonds is 18. The van der Waals surface area contributed by atoms with E-state index in [4.69, 9.17) is 9.72 Å². The molecule has 0 spiro atoms. The number of hydrogen-bond donors (Lipinski definition) is 4. The van der Waals surface area contributed by atoms with Gasteiger partial charge in [0.15, 0.2) is 0 Å². The van der Waals surface area contributed by atoms with Crippen LogP contribution < -0.4 is 10.6 Å². The van der Waals surface area contributed by atoms with Crippen LogP contribution in [0.4, 0.5) is 13.2 Å². The van der Waals surface area contributed by atoms with Gasteiger partial charge in [0.2, 0.25) is 23.6 Å². The Bertz CT molecular complexity index is 1800. The maximum Gasteiger partial charge on any atom is 0.248 e. The fourth-order valence-electron chi connectivity index (χ4n) is 6.94.